The molecule has 8 heteroatoms. The normalized spacial score (nSPS) is 16.3. The zero-order chi connectivity index (χ0) is 20.1. The van der Waals surface area contributed by atoms with E-state index in [1.807, 2.05) is 0 Å². The summed E-state index contributed by atoms with van der Waals surface area (Å²) in [5, 5.41) is 14.4. The number of hydrogen-bond donors (Lipinski definition) is 3. The summed E-state index contributed by atoms with van der Waals surface area (Å²) in [6.07, 6.45) is 1.18. The number of likely N-dealkylation sites (tertiary alicyclic amines) is 1. The van der Waals surface area contributed by atoms with Crippen molar-refractivity contribution in [2.45, 2.75) is 12.8 Å². The highest BCUT2D eigenvalue weighted by Gasteiger charge is 2.28. The molecule has 3 rings (SSSR count). The number of nitrogens with one attached hydrogen (secondary N) is 2. The van der Waals surface area contributed by atoms with Crippen LogP contribution in [0, 0.1) is 11.7 Å². The number of carbonyl (C=O) groups excluding carboxylic acids is 2. The van der Waals surface area contributed by atoms with Gasteiger partial charge in [0.15, 0.2) is 0 Å². The molecule has 3 amide bonds. The first-order valence-electron chi connectivity index (χ1n) is 8.88. The number of nitrogens with zero attached hydrogens (tertiary/aromatic N) is 1. The van der Waals surface area contributed by atoms with Gasteiger partial charge in [0.2, 0.25) is 0 Å². The van der Waals surface area contributed by atoms with Gasteiger partial charge in [-0.15, -0.1) is 0 Å². The van der Waals surface area contributed by atoms with Crippen LogP contribution in [0.15, 0.2) is 48.5 Å². The average molecular weight is 385 g/mol. The van der Waals surface area contributed by atoms with Crippen LogP contribution in [-0.4, -0.2) is 41.0 Å². The van der Waals surface area contributed by atoms with E-state index in [2.05, 4.69) is 10.6 Å². The topological polar surface area (TPSA) is 98.7 Å². The predicted octanol–water partition coefficient (Wildman–Crippen LogP) is 3.41. The van der Waals surface area contributed by atoms with Crippen LogP contribution < -0.4 is 10.6 Å². The summed E-state index contributed by atoms with van der Waals surface area (Å²) >= 11 is 0. The molecular weight excluding hydrogens is 365 g/mol. The fourth-order valence-corrected chi connectivity index (χ4v) is 3.07. The fraction of sp³-hybridized carbons (Fsp3) is 0.250. The van der Waals surface area contributed by atoms with E-state index in [0.717, 1.165) is 0 Å². The fourth-order valence-electron chi connectivity index (χ4n) is 3.07. The lowest BCUT2D eigenvalue weighted by Crippen LogP contribution is -2.44. The average Bonchev–Trinajstić information content (AvgIpc) is 2.68. The Hall–Kier alpha value is -3.42. The number of piperidine rings is 1. The number of rotatable bonds is 4. The molecule has 1 unspecified atom stereocenters. The maximum absolute atomic E-state index is 13.2. The van der Waals surface area contributed by atoms with Crippen LogP contribution in [-0.2, 0) is 4.79 Å². The van der Waals surface area contributed by atoms with Gasteiger partial charge in [-0.25, -0.2) is 9.18 Å². The lowest BCUT2D eigenvalue weighted by molar-refractivity contribution is -0.143. The molecule has 1 heterocycles. The van der Waals surface area contributed by atoms with Crippen molar-refractivity contribution in [2.75, 3.05) is 23.7 Å². The summed E-state index contributed by atoms with van der Waals surface area (Å²) in [6, 6.07) is 11.5. The zero-order valence-electron chi connectivity index (χ0n) is 15.0. The van der Waals surface area contributed by atoms with E-state index >= 15 is 0 Å². The Morgan fingerprint density at radius 3 is 2.46 bits per heavy atom. The van der Waals surface area contributed by atoms with E-state index in [4.69, 9.17) is 5.11 Å². The molecule has 28 heavy (non-hydrogen) atoms. The number of aliphatic carboxylic acids is 1. The van der Waals surface area contributed by atoms with Gasteiger partial charge in [0.1, 0.15) is 5.82 Å². The highest BCUT2D eigenvalue weighted by molar-refractivity contribution is 6.05. The van der Waals surface area contributed by atoms with Crippen molar-refractivity contribution in [1.29, 1.82) is 0 Å². The molecule has 1 fully saturated rings. The first-order chi connectivity index (χ1) is 13.4. The van der Waals surface area contributed by atoms with Crippen LogP contribution in [0.1, 0.15) is 23.2 Å². The quantitative estimate of drug-likeness (QED) is 0.751. The van der Waals surface area contributed by atoms with Gasteiger partial charge in [-0.3, -0.25) is 9.59 Å². The van der Waals surface area contributed by atoms with E-state index in [9.17, 15) is 18.8 Å². The van der Waals surface area contributed by atoms with Gasteiger partial charge < -0.3 is 20.6 Å². The summed E-state index contributed by atoms with van der Waals surface area (Å²) in [6.45, 7) is 0.635. The van der Waals surface area contributed by atoms with E-state index < -0.39 is 29.6 Å². The third kappa shape index (κ3) is 4.85. The van der Waals surface area contributed by atoms with Crippen LogP contribution in [0.5, 0.6) is 0 Å². The molecule has 0 radical (unpaired) electrons. The molecule has 2 aromatic rings. The minimum absolute atomic E-state index is 0.154. The molecule has 3 N–H and O–H groups in total. The molecule has 146 valence electrons. The minimum atomic E-state index is -0.909. The molecule has 1 saturated heterocycles. The highest BCUT2D eigenvalue weighted by Crippen LogP contribution is 2.19. The number of carboxylic acids is 1. The van der Waals surface area contributed by atoms with E-state index in [0.29, 0.717) is 36.3 Å². The summed E-state index contributed by atoms with van der Waals surface area (Å²) < 4.78 is 13.2. The van der Waals surface area contributed by atoms with Crippen molar-refractivity contribution < 1.29 is 23.9 Å². The van der Waals surface area contributed by atoms with Crippen molar-refractivity contribution in [3.63, 3.8) is 0 Å². The first-order valence-corrected chi connectivity index (χ1v) is 8.88. The first kappa shape index (κ1) is 19.3. The maximum atomic E-state index is 13.2. The second kappa shape index (κ2) is 8.51. The molecule has 0 spiro atoms. The summed E-state index contributed by atoms with van der Waals surface area (Å²) in [5.74, 6) is -2.37. The molecule has 7 nitrogen and oxygen atoms in total. The number of hydrogen-bond acceptors (Lipinski definition) is 3. The van der Waals surface area contributed by atoms with Gasteiger partial charge >= 0.3 is 12.0 Å². The molecule has 1 atom stereocenters. The van der Waals surface area contributed by atoms with Gasteiger partial charge in [0.05, 0.1) is 5.92 Å². The molecule has 0 aliphatic carbocycles. The standard InChI is InChI=1S/C20H20FN3O4/c21-15-6-2-8-17(11-15)22-18(25)13-4-1-7-16(10-13)23-20(28)24-9-3-5-14(12-24)19(26)27/h1-2,4,6-8,10-11,14H,3,5,9,12H2,(H,22,25)(H,23,28)(H,26,27). The third-order valence-corrected chi connectivity index (χ3v) is 4.52. The number of benzene rings is 2. The van der Waals surface area contributed by atoms with Crippen molar-refractivity contribution in [1.82, 2.24) is 4.90 Å². The van der Waals surface area contributed by atoms with E-state index in [1.165, 1.54) is 29.2 Å². The van der Waals surface area contributed by atoms with Crippen LogP contribution >= 0.6 is 0 Å². The summed E-state index contributed by atoms with van der Waals surface area (Å²) in [5.41, 5.74) is 1.03. The van der Waals surface area contributed by atoms with Crippen LogP contribution in [0.4, 0.5) is 20.6 Å². The Balaban J connectivity index is 1.65. The van der Waals surface area contributed by atoms with Crippen molar-refractivity contribution in [3.05, 3.63) is 59.9 Å². The number of anilines is 2. The predicted molar refractivity (Wildman–Crippen MR) is 102 cm³/mol. The lowest BCUT2D eigenvalue weighted by atomic mass is 9.99. The Labute approximate surface area is 161 Å². The Morgan fingerprint density at radius 2 is 1.75 bits per heavy atom. The monoisotopic (exact) mass is 385 g/mol. The number of carboxylic acid groups (broad SMARTS) is 1. The molecule has 0 bridgehead atoms. The smallest absolute Gasteiger partial charge is 0.321 e. The van der Waals surface area contributed by atoms with E-state index in [-0.39, 0.29) is 6.54 Å². The van der Waals surface area contributed by atoms with E-state index in [1.54, 1.807) is 24.3 Å². The van der Waals surface area contributed by atoms with Gasteiger partial charge in [0.25, 0.3) is 5.91 Å². The Bertz CT molecular complexity index is 903. The van der Waals surface area contributed by atoms with Crippen molar-refractivity contribution in [2.24, 2.45) is 5.92 Å². The molecular formula is C20H20FN3O4. The van der Waals surface area contributed by atoms with Gasteiger partial charge in [-0.1, -0.05) is 12.1 Å². The van der Waals surface area contributed by atoms with Gasteiger partial charge in [-0.05, 0) is 49.2 Å². The van der Waals surface area contributed by atoms with Crippen LogP contribution in [0.2, 0.25) is 0 Å². The highest BCUT2D eigenvalue weighted by atomic mass is 19.1. The van der Waals surface area contributed by atoms with Crippen molar-refractivity contribution >= 4 is 29.3 Å². The molecule has 2 aromatic carbocycles. The number of carbonyl (C=O) groups is 3. The Kier molecular flexibility index (Phi) is 5.88. The Morgan fingerprint density at radius 1 is 1.04 bits per heavy atom. The largest absolute Gasteiger partial charge is 0.481 e. The number of halogens is 1. The lowest BCUT2D eigenvalue weighted by Gasteiger charge is -2.30. The summed E-state index contributed by atoms with van der Waals surface area (Å²) in [4.78, 5) is 37.4. The van der Waals surface area contributed by atoms with Gasteiger partial charge in [-0.2, -0.15) is 0 Å². The maximum Gasteiger partial charge on any atom is 0.321 e. The minimum Gasteiger partial charge on any atom is -0.481 e. The third-order valence-electron chi connectivity index (χ3n) is 4.52. The molecule has 0 saturated carbocycles. The SMILES string of the molecule is O=C(Nc1cccc(F)c1)c1cccc(NC(=O)N2CCCC(C(=O)O)C2)c1. The summed E-state index contributed by atoms with van der Waals surface area (Å²) in [7, 11) is 0. The number of amides is 3. The zero-order valence-corrected chi connectivity index (χ0v) is 15.0. The molecule has 1 aliphatic heterocycles. The molecule has 1 aliphatic rings. The van der Waals surface area contributed by atoms with Gasteiger partial charge in [0, 0.05) is 30.0 Å². The van der Waals surface area contributed by atoms with Crippen LogP contribution in [0.3, 0.4) is 0 Å². The van der Waals surface area contributed by atoms with Crippen molar-refractivity contribution in [3.8, 4) is 0 Å². The second-order valence-corrected chi connectivity index (χ2v) is 6.60. The molecule has 0 aromatic heterocycles. The second-order valence-electron chi connectivity index (χ2n) is 6.60. The number of urea groups is 1. The van der Waals surface area contributed by atoms with Crippen LogP contribution in [0.25, 0.3) is 0 Å².